The Morgan fingerprint density at radius 1 is 1.52 bits per heavy atom. The molecule has 0 aromatic carbocycles. The Kier molecular flexibility index (Phi) is 4.96. The number of nitrogens with zero attached hydrogens (tertiary/aromatic N) is 3. The van der Waals surface area contributed by atoms with Gasteiger partial charge in [0.1, 0.15) is 21.7 Å². The summed E-state index contributed by atoms with van der Waals surface area (Å²) in [5.41, 5.74) is 0. The minimum Gasteiger partial charge on any atom is -0.377 e. The number of halogens is 2. The number of ether oxygens (including phenoxy) is 1. The summed E-state index contributed by atoms with van der Waals surface area (Å²) in [5.74, 6) is 1.12. The van der Waals surface area contributed by atoms with E-state index in [1.165, 1.54) is 6.07 Å². The summed E-state index contributed by atoms with van der Waals surface area (Å²) in [6, 6.07) is 0.891. The monoisotopic (exact) mass is 396 g/mol. The molecule has 2 aromatic rings. The average Bonchev–Trinajstić information content (AvgIpc) is 3.02. The zero-order valence-electron chi connectivity index (χ0n) is 12.1. The van der Waals surface area contributed by atoms with Crippen molar-refractivity contribution >= 4 is 44.6 Å². The van der Waals surface area contributed by atoms with Crippen LogP contribution in [0, 0.1) is 0 Å². The summed E-state index contributed by atoms with van der Waals surface area (Å²) < 4.78 is 34.9. The van der Waals surface area contributed by atoms with Gasteiger partial charge in [-0.1, -0.05) is 23.2 Å². The Morgan fingerprint density at radius 3 is 2.96 bits per heavy atom. The highest BCUT2D eigenvalue weighted by atomic mass is 35.5. The number of thiophene rings is 1. The van der Waals surface area contributed by atoms with E-state index in [1.54, 1.807) is 11.8 Å². The van der Waals surface area contributed by atoms with Crippen molar-refractivity contribution in [2.45, 2.75) is 36.9 Å². The van der Waals surface area contributed by atoms with E-state index in [9.17, 15) is 8.42 Å². The van der Waals surface area contributed by atoms with Crippen molar-refractivity contribution in [3.63, 3.8) is 0 Å². The lowest BCUT2D eigenvalue weighted by Crippen LogP contribution is -2.33. The maximum Gasteiger partial charge on any atom is 0.243 e. The van der Waals surface area contributed by atoms with Crippen molar-refractivity contribution in [1.82, 2.24) is 19.5 Å². The van der Waals surface area contributed by atoms with Gasteiger partial charge in [0, 0.05) is 13.7 Å². The quantitative estimate of drug-likeness (QED) is 0.838. The Bertz CT molecular complexity index is 818. The third-order valence-corrected chi connectivity index (χ3v) is 6.63. The highest BCUT2D eigenvalue weighted by Crippen LogP contribution is 2.35. The largest absolute Gasteiger partial charge is 0.377 e. The van der Waals surface area contributed by atoms with Crippen LogP contribution >= 0.6 is 34.5 Å². The van der Waals surface area contributed by atoms with Crippen molar-refractivity contribution in [3.8, 4) is 0 Å². The fourth-order valence-corrected chi connectivity index (χ4v) is 5.84. The fraction of sp³-hybridized carbons (Fsp3) is 0.500. The Hall–Kier alpha value is -0.710. The van der Waals surface area contributed by atoms with Gasteiger partial charge in [-0.25, -0.2) is 22.8 Å². The lowest BCUT2D eigenvalue weighted by atomic mass is 10.1. The first-order valence-corrected chi connectivity index (χ1v) is 9.86. The molecule has 0 unspecified atom stereocenters. The van der Waals surface area contributed by atoms with Gasteiger partial charge in [-0.15, -0.1) is 11.3 Å². The van der Waals surface area contributed by atoms with Crippen molar-refractivity contribution in [2.75, 3.05) is 7.11 Å². The average molecular weight is 397 g/mol. The molecule has 23 heavy (non-hydrogen) atoms. The van der Waals surface area contributed by atoms with Crippen LogP contribution in [0.5, 0.6) is 0 Å². The molecule has 0 saturated heterocycles. The number of hydrogen-bond donors (Lipinski definition) is 1. The van der Waals surface area contributed by atoms with Crippen molar-refractivity contribution in [3.05, 3.63) is 26.4 Å². The second-order valence-electron chi connectivity index (χ2n) is 5.05. The Balaban J connectivity index is 1.88. The molecule has 1 N–H and O–H groups in total. The van der Waals surface area contributed by atoms with Gasteiger partial charge in [0.2, 0.25) is 10.0 Å². The third-order valence-electron chi connectivity index (χ3n) is 3.40. The molecule has 126 valence electrons. The van der Waals surface area contributed by atoms with Gasteiger partial charge in [0.05, 0.1) is 10.4 Å². The van der Waals surface area contributed by atoms with Crippen LogP contribution in [0.4, 0.5) is 0 Å². The molecule has 0 fully saturated rings. The third kappa shape index (κ3) is 3.54. The zero-order valence-corrected chi connectivity index (χ0v) is 15.3. The van der Waals surface area contributed by atoms with Gasteiger partial charge < -0.3 is 4.74 Å². The molecular formula is C12H14Cl2N4O3S2. The predicted molar refractivity (Wildman–Crippen MR) is 87.4 cm³/mol. The van der Waals surface area contributed by atoms with E-state index in [0.717, 1.165) is 17.8 Å². The van der Waals surface area contributed by atoms with E-state index in [0.29, 0.717) is 29.0 Å². The molecular weight excluding hydrogens is 383 g/mol. The number of nitrogens with one attached hydrogen (secondary N) is 1. The lowest BCUT2D eigenvalue weighted by Gasteiger charge is -2.22. The molecule has 0 bridgehead atoms. The number of methoxy groups -OCH3 is 1. The number of rotatable bonds is 5. The summed E-state index contributed by atoms with van der Waals surface area (Å²) in [6.07, 6.45) is 1.44. The molecule has 11 heteroatoms. The highest BCUT2D eigenvalue weighted by Gasteiger charge is 2.30. The summed E-state index contributed by atoms with van der Waals surface area (Å²) >= 11 is 12.8. The molecule has 0 aliphatic carbocycles. The summed E-state index contributed by atoms with van der Waals surface area (Å²) in [5, 5.41) is 4.32. The van der Waals surface area contributed by atoms with Crippen LogP contribution in [0.2, 0.25) is 8.67 Å². The van der Waals surface area contributed by atoms with Crippen LogP contribution in [0.1, 0.15) is 30.5 Å². The van der Waals surface area contributed by atoms with E-state index in [4.69, 9.17) is 27.9 Å². The smallest absolute Gasteiger partial charge is 0.243 e. The minimum atomic E-state index is -3.78. The van der Waals surface area contributed by atoms with E-state index < -0.39 is 16.1 Å². The Morgan fingerprint density at radius 2 is 2.30 bits per heavy atom. The predicted octanol–water partition coefficient (Wildman–Crippen LogP) is 2.61. The lowest BCUT2D eigenvalue weighted by molar-refractivity contribution is 0.177. The maximum absolute atomic E-state index is 12.5. The first-order valence-electron chi connectivity index (χ1n) is 6.80. The van der Waals surface area contributed by atoms with Gasteiger partial charge in [0.25, 0.3) is 0 Å². The molecule has 0 spiro atoms. The molecule has 0 amide bonds. The number of aryl methyl sites for hydroxylation is 1. The van der Waals surface area contributed by atoms with Crippen LogP contribution < -0.4 is 4.72 Å². The number of sulfonamides is 1. The first-order chi connectivity index (χ1) is 10.9. The SMILES string of the molecule is COCc1nc2n(n1)CCC[C@H]2NS(=O)(=O)c1cc(Cl)sc1Cl. The van der Waals surface area contributed by atoms with E-state index in [2.05, 4.69) is 14.8 Å². The van der Waals surface area contributed by atoms with Gasteiger partial charge >= 0.3 is 0 Å². The number of aromatic nitrogens is 3. The molecule has 7 nitrogen and oxygen atoms in total. The van der Waals surface area contributed by atoms with Crippen LogP contribution in [0.15, 0.2) is 11.0 Å². The second-order valence-corrected chi connectivity index (χ2v) is 9.01. The van der Waals surface area contributed by atoms with Crippen molar-refractivity contribution < 1.29 is 13.2 Å². The highest BCUT2D eigenvalue weighted by molar-refractivity contribution is 7.89. The minimum absolute atomic E-state index is 0.0112. The normalized spacial score (nSPS) is 18.1. The second kappa shape index (κ2) is 6.66. The summed E-state index contributed by atoms with van der Waals surface area (Å²) in [6.45, 7) is 0.987. The first kappa shape index (κ1) is 17.1. The van der Waals surface area contributed by atoms with E-state index in [1.807, 2.05) is 0 Å². The van der Waals surface area contributed by atoms with Crippen molar-refractivity contribution in [2.24, 2.45) is 0 Å². The summed E-state index contributed by atoms with van der Waals surface area (Å²) in [7, 11) is -2.23. The van der Waals surface area contributed by atoms with Crippen LogP contribution in [-0.4, -0.2) is 30.3 Å². The standard InChI is InChI=1S/C12H14Cl2N4O3S2/c1-21-6-10-15-12-7(3-2-4-18(12)16-10)17-23(19,20)8-5-9(13)22-11(8)14/h5,7,17H,2-4,6H2,1H3/t7-/m1/s1. The maximum atomic E-state index is 12.5. The number of fused-ring (bicyclic) bond motifs is 1. The van der Waals surface area contributed by atoms with E-state index >= 15 is 0 Å². The zero-order chi connectivity index (χ0) is 16.6. The molecule has 1 aliphatic heterocycles. The van der Waals surface area contributed by atoms with Crippen LogP contribution in [0.25, 0.3) is 0 Å². The number of hydrogen-bond acceptors (Lipinski definition) is 6. The summed E-state index contributed by atoms with van der Waals surface area (Å²) in [4.78, 5) is 4.36. The van der Waals surface area contributed by atoms with Crippen LogP contribution in [0.3, 0.4) is 0 Å². The van der Waals surface area contributed by atoms with Gasteiger partial charge in [0.15, 0.2) is 5.82 Å². The molecule has 3 heterocycles. The molecule has 0 saturated carbocycles. The van der Waals surface area contributed by atoms with Gasteiger partial charge in [-0.3, -0.25) is 0 Å². The van der Waals surface area contributed by atoms with Gasteiger partial charge in [-0.2, -0.15) is 5.10 Å². The molecule has 3 rings (SSSR count). The molecule has 1 atom stereocenters. The molecule has 2 aromatic heterocycles. The topological polar surface area (TPSA) is 86.1 Å². The van der Waals surface area contributed by atoms with Crippen LogP contribution in [-0.2, 0) is 27.9 Å². The van der Waals surface area contributed by atoms with E-state index in [-0.39, 0.29) is 15.8 Å². The van der Waals surface area contributed by atoms with Gasteiger partial charge in [-0.05, 0) is 18.9 Å². The molecule has 1 aliphatic rings. The Labute approximate surface area is 147 Å². The molecule has 0 radical (unpaired) electrons. The fourth-order valence-electron chi connectivity index (χ4n) is 2.46. The van der Waals surface area contributed by atoms with Crippen molar-refractivity contribution in [1.29, 1.82) is 0 Å².